The third kappa shape index (κ3) is 2.83. The average molecular weight is 238 g/mol. The normalized spacial score (nSPS) is 17.0. The van der Waals surface area contributed by atoms with Gasteiger partial charge < -0.3 is 15.0 Å². The Hall–Kier alpha value is -1.40. The van der Waals surface area contributed by atoms with Crippen molar-refractivity contribution in [2.45, 2.75) is 24.9 Å². The van der Waals surface area contributed by atoms with Crippen LogP contribution < -0.4 is 11.1 Å². The van der Waals surface area contributed by atoms with Crippen LogP contribution in [0.15, 0.2) is 12.5 Å². The molecule has 0 radical (unpaired) electrons. The molecule has 1 amide bonds. The summed E-state index contributed by atoms with van der Waals surface area (Å²) in [6.07, 6.45) is 5.76. The van der Waals surface area contributed by atoms with E-state index in [1.807, 2.05) is 4.57 Å². The highest BCUT2D eigenvalue weighted by molar-refractivity contribution is 5.80. The van der Waals surface area contributed by atoms with E-state index in [1.54, 1.807) is 19.6 Å². The molecule has 6 heteroatoms. The van der Waals surface area contributed by atoms with E-state index in [2.05, 4.69) is 10.3 Å². The number of methoxy groups -OCH3 is 1. The molecular weight excluding hydrogens is 220 g/mol. The van der Waals surface area contributed by atoms with Crippen molar-refractivity contribution in [1.29, 1.82) is 0 Å². The van der Waals surface area contributed by atoms with Crippen molar-refractivity contribution in [3.63, 3.8) is 0 Å². The van der Waals surface area contributed by atoms with Crippen molar-refractivity contribution in [1.82, 2.24) is 14.9 Å². The lowest BCUT2D eigenvalue weighted by Crippen LogP contribution is -2.36. The molecule has 1 atom stereocenters. The van der Waals surface area contributed by atoms with Crippen LogP contribution in [0.3, 0.4) is 0 Å². The highest BCUT2D eigenvalue weighted by atomic mass is 16.5. The number of nitrogens with one attached hydrogen (secondary N) is 1. The van der Waals surface area contributed by atoms with Crippen molar-refractivity contribution >= 4 is 5.91 Å². The number of nitrogens with two attached hydrogens (primary N) is 1. The molecule has 1 aliphatic rings. The molecule has 6 nitrogen and oxygen atoms in total. The third-order valence-electron chi connectivity index (χ3n) is 2.87. The van der Waals surface area contributed by atoms with Crippen molar-refractivity contribution in [2.75, 3.05) is 20.3 Å². The van der Waals surface area contributed by atoms with Crippen LogP contribution in [-0.4, -0.2) is 35.7 Å². The van der Waals surface area contributed by atoms with E-state index in [9.17, 15) is 4.79 Å². The largest absolute Gasteiger partial charge is 0.383 e. The number of imidazole rings is 1. The fraction of sp³-hybridized carbons (Fsp3) is 0.636. The molecule has 17 heavy (non-hydrogen) atoms. The number of primary amides is 1. The first kappa shape index (κ1) is 12.1. The van der Waals surface area contributed by atoms with Crippen molar-refractivity contribution < 1.29 is 9.53 Å². The number of hydrogen-bond donors (Lipinski definition) is 2. The quantitative estimate of drug-likeness (QED) is 0.654. The number of aromatic nitrogens is 2. The Labute approximate surface area is 100 Å². The van der Waals surface area contributed by atoms with E-state index in [0.717, 1.165) is 18.5 Å². The topological polar surface area (TPSA) is 82.2 Å². The van der Waals surface area contributed by atoms with E-state index in [1.165, 1.54) is 0 Å². The zero-order valence-corrected chi connectivity index (χ0v) is 9.93. The van der Waals surface area contributed by atoms with Crippen LogP contribution in [-0.2, 0) is 9.53 Å². The Balaban J connectivity index is 2.08. The third-order valence-corrected chi connectivity index (χ3v) is 2.87. The van der Waals surface area contributed by atoms with Crippen molar-refractivity contribution in [3.8, 4) is 0 Å². The summed E-state index contributed by atoms with van der Waals surface area (Å²) in [6.45, 7) is 1.13. The van der Waals surface area contributed by atoms with E-state index in [0.29, 0.717) is 19.2 Å². The molecule has 1 aromatic rings. The van der Waals surface area contributed by atoms with Crippen LogP contribution in [0.4, 0.5) is 0 Å². The van der Waals surface area contributed by atoms with Gasteiger partial charge >= 0.3 is 0 Å². The Morgan fingerprint density at radius 1 is 1.76 bits per heavy atom. The SMILES string of the molecule is COCCNC(C(N)=O)c1cncn1C1CC1. The molecule has 0 saturated heterocycles. The van der Waals surface area contributed by atoms with Gasteiger partial charge in [0.15, 0.2) is 0 Å². The van der Waals surface area contributed by atoms with E-state index >= 15 is 0 Å². The predicted octanol–water partition coefficient (Wildman–Crippen LogP) is -0.0196. The zero-order valence-electron chi connectivity index (χ0n) is 9.93. The van der Waals surface area contributed by atoms with E-state index < -0.39 is 6.04 Å². The van der Waals surface area contributed by atoms with Crippen LogP contribution in [0, 0.1) is 0 Å². The van der Waals surface area contributed by atoms with Gasteiger partial charge in [-0.25, -0.2) is 4.98 Å². The van der Waals surface area contributed by atoms with Crippen LogP contribution >= 0.6 is 0 Å². The van der Waals surface area contributed by atoms with Crippen LogP contribution in [0.25, 0.3) is 0 Å². The molecule has 3 N–H and O–H groups in total. The lowest BCUT2D eigenvalue weighted by Gasteiger charge is -2.17. The Kier molecular flexibility index (Phi) is 3.75. The first-order chi connectivity index (χ1) is 8.24. The van der Waals surface area contributed by atoms with Gasteiger partial charge in [-0.2, -0.15) is 0 Å². The zero-order chi connectivity index (χ0) is 12.3. The number of nitrogens with zero attached hydrogens (tertiary/aromatic N) is 2. The molecule has 2 rings (SSSR count). The van der Waals surface area contributed by atoms with Gasteiger partial charge in [-0.3, -0.25) is 10.1 Å². The Morgan fingerprint density at radius 2 is 2.53 bits per heavy atom. The summed E-state index contributed by atoms with van der Waals surface area (Å²) in [5, 5.41) is 3.09. The summed E-state index contributed by atoms with van der Waals surface area (Å²) in [5.41, 5.74) is 6.26. The number of ether oxygens (including phenoxy) is 1. The lowest BCUT2D eigenvalue weighted by molar-refractivity contribution is -0.120. The van der Waals surface area contributed by atoms with Gasteiger partial charge in [-0.1, -0.05) is 0 Å². The molecule has 1 aromatic heterocycles. The van der Waals surface area contributed by atoms with Gasteiger partial charge in [-0.05, 0) is 12.8 Å². The second kappa shape index (κ2) is 5.29. The monoisotopic (exact) mass is 238 g/mol. The van der Waals surface area contributed by atoms with Gasteiger partial charge in [-0.15, -0.1) is 0 Å². The van der Waals surface area contributed by atoms with Gasteiger partial charge in [0.05, 0.1) is 24.8 Å². The molecule has 1 unspecified atom stereocenters. The number of hydrogen-bond acceptors (Lipinski definition) is 4. The lowest BCUT2D eigenvalue weighted by atomic mass is 10.2. The summed E-state index contributed by atoms with van der Waals surface area (Å²) < 4.78 is 6.98. The molecule has 1 heterocycles. The molecule has 1 aliphatic carbocycles. The number of carbonyl (C=O) groups is 1. The standard InChI is InChI=1S/C11H18N4O2/c1-17-5-4-14-10(11(12)16)9-6-13-7-15(9)8-2-3-8/h6-8,10,14H,2-5H2,1H3,(H2,12,16). The summed E-state index contributed by atoms with van der Waals surface area (Å²) in [5.74, 6) is -0.386. The van der Waals surface area contributed by atoms with Gasteiger partial charge in [0, 0.05) is 19.7 Å². The molecule has 0 aliphatic heterocycles. The number of rotatable bonds is 7. The minimum Gasteiger partial charge on any atom is -0.383 e. The van der Waals surface area contributed by atoms with Gasteiger partial charge in [0.1, 0.15) is 6.04 Å². The molecule has 0 bridgehead atoms. The highest BCUT2D eigenvalue weighted by Gasteiger charge is 2.29. The fourth-order valence-corrected chi connectivity index (χ4v) is 1.85. The molecule has 1 saturated carbocycles. The summed E-state index contributed by atoms with van der Waals surface area (Å²) >= 11 is 0. The highest BCUT2D eigenvalue weighted by Crippen LogP contribution is 2.36. The fourth-order valence-electron chi connectivity index (χ4n) is 1.85. The van der Waals surface area contributed by atoms with Crippen LogP contribution in [0.2, 0.25) is 0 Å². The second-order valence-electron chi connectivity index (χ2n) is 4.24. The minimum absolute atomic E-state index is 0.386. The summed E-state index contributed by atoms with van der Waals surface area (Å²) in [7, 11) is 1.62. The van der Waals surface area contributed by atoms with Gasteiger partial charge in [0.25, 0.3) is 0 Å². The summed E-state index contributed by atoms with van der Waals surface area (Å²) in [4.78, 5) is 15.6. The summed E-state index contributed by atoms with van der Waals surface area (Å²) in [6, 6.07) is -0.00757. The smallest absolute Gasteiger partial charge is 0.240 e. The average Bonchev–Trinajstić information content (AvgIpc) is 3.03. The van der Waals surface area contributed by atoms with E-state index in [4.69, 9.17) is 10.5 Å². The van der Waals surface area contributed by atoms with E-state index in [-0.39, 0.29) is 5.91 Å². The van der Waals surface area contributed by atoms with Gasteiger partial charge in [0.2, 0.25) is 5.91 Å². The first-order valence-corrected chi connectivity index (χ1v) is 5.77. The molecule has 1 fully saturated rings. The molecule has 0 spiro atoms. The maximum atomic E-state index is 11.5. The predicted molar refractivity (Wildman–Crippen MR) is 62.3 cm³/mol. The second-order valence-corrected chi connectivity index (χ2v) is 4.24. The first-order valence-electron chi connectivity index (χ1n) is 5.77. The maximum Gasteiger partial charge on any atom is 0.240 e. The van der Waals surface area contributed by atoms with Crippen LogP contribution in [0.1, 0.15) is 30.6 Å². The minimum atomic E-state index is -0.492. The maximum absolute atomic E-state index is 11.5. The number of amides is 1. The Bertz CT molecular complexity index is 387. The molecule has 0 aromatic carbocycles. The van der Waals surface area contributed by atoms with Crippen molar-refractivity contribution in [3.05, 3.63) is 18.2 Å². The molecular formula is C11H18N4O2. The van der Waals surface area contributed by atoms with Crippen LogP contribution in [0.5, 0.6) is 0 Å². The van der Waals surface area contributed by atoms with Crippen molar-refractivity contribution in [2.24, 2.45) is 5.73 Å². The number of carbonyl (C=O) groups excluding carboxylic acids is 1. The Morgan fingerprint density at radius 3 is 3.12 bits per heavy atom. The molecule has 94 valence electrons.